The molecule has 3 fully saturated rings. The lowest BCUT2D eigenvalue weighted by molar-refractivity contribution is -0.262. The summed E-state index contributed by atoms with van der Waals surface area (Å²) in [6.45, 7) is 0.357. The van der Waals surface area contributed by atoms with E-state index in [0.717, 1.165) is 61.1 Å². The summed E-state index contributed by atoms with van der Waals surface area (Å²) >= 11 is 6.36. The first-order chi connectivity index (χ1) is 19.0. The Kier molecular flexibility index (Phi) is 7.83. The van der Waals surface area contributed by atoms with Crippen molar-refractivity contribution in [3.63, 3.8) is 0 Å². The van der Waals surface area contributed by atoms with E-state index in [1.54, 1.807) is 6.07 Å². The van der Waals surface area contributed by atoms with Crippen molar-refractivity contribution in [3.05, 3.63) is 64.2 Å². The number of piperidine rings is 1. The summed E-state index contributed by atoms with van der Waals surface area (Å²) < 4.78 is 47.3. The van der Waals surface area contributed by atoms with Gasteiger partial charge in [-0.1, -0.05) is 29.8 Å². The Bertz CT molecular complexity index is 1270. The number of benzene rings is 2. The molecule has 0 bridgehead atoms. The van der Waals surface area contributed by atoms with Gasteiger partial charge < -0.3 is 20.1 Å². The Morgan fingerprint density at radius 2 is 1.88 bits per heavy atom. The molecule has 1 spiro atoms. The average Bonchev–Trinajstić information content (AvgIpc) is 3.86. The number of aryl methyl sites for hydroxylation is 1. The van der Waals surface area contributed by atoms with Crippen LogP contribution < -0.4 is 10.1 Å². The van der Waals surface area contributed by atoms with Crippen molar-refractivity contribution in [3.8, 4) is 5.75 Å². The van der Waals surface area contributed by atoms with Gasteiger partial charge in [-0.05, 0) is 92.5 Å². The van der Waals surface area contributed by atoms with Gasteiger partial charge in [-0.3, -0.25) is 9.59 Å². The number of hydrogen-bond acceptors (Lipinski definition) is 4. The molecule has 2 amide bonds. The highest BCUT2D eigenvalue weighted by atomic mass is 35.5. The van der Waals surface area contributed by atoms with E-state index in [1.165, 1.54) is 19.2 Å². The normalized spacial score (nSPS) is 21.6. The monoisotopic (exact) mass is 578 g/mol. The summed E-state index contributed by atoms with van der Waals surface area (Å²) in [5, 5.41) is 14.2. The van der Waals surface area contributed by atoms with Crippen LogP contribution in [0.5, 0.6) is 5.75 Å². The third-order valence-electron chi connectivity index (χ3n) is 8.82. The van der Waals surface area contributed by atoms with Crippen LogP contribution in [0.3, 0.4) is 0 Å². The van der Waals surface area contributed by atoms with Gasteiger partial charge in [0.1, 0.15) is 5.75 Å². The number of amides is 2. The van der Waals surface area contributed by atoms with Crippen molar-refractivity contribution >= 4 is 23.4 Å². The minimum atomic E-state index is -5.18. The quantitative estimate of drug-likeness (QED) is 0.403. The highest BCUT2D eigenvalue weighted by molar-refractivity contribution is 6.33. The molecule has 216 valence electrons. The van der Waals surface area contributed by atoms with Crippen LogP contribution in [-0.2, 0) is 16.8 Å². The molecule has 1 aliphatic heterocycles. The van der Waals surface area contributed by atoms with Crippen LogP contribution in [0.25, 0.3) is 0 Å². The molecule has 0 unspecified atom stereocenters. The minimum Gasteiger partial charge on any atom is -0.497 e. The van der Waals surface area contributed by atoms with Crippen molar-refractivity contribution in [2.24, 2.45) is 11.3 Å². The smallest absolute Gasteiger partial charge is 0.430 e. The van der Waals surface area contributed by atoms with Crippen LogP contribution in [0.1, 0.15) is 66.4 Å². The van der Waals surface area contributed by atoms with Crippen molar-refractivity contribution < 1.29 is 32.6 Å². The molecule has 10 heteroatoms. The predicted molar refractivity (Wildman–Crippen MR) is 144 cm³/mol. The number of nitrogens with zero attached hydrogens (tertiary/aromatic N) is 1. The van der Waals surface area contributed by atoms with Crippen LogP contribution >= 0.6 is 11.6 Å². The SMILES string of the molecule is COc1cccc([C@@](O)(C(=O)N2CCC3(CC2)C[C@H]3CCCc2ccc(C(=O)NC3CC3)c(Cl)c2)C(F)(F)F)c1. The molecular weight excluding hydrogens is 545 g/mol. The van der Waals surface area contributed by atoms with Crippen molar-refractivity contribution in [1.29, 1.82) is 0 Å². The zero-order valence-corrected chi connectivity index (χ0v) is 23.2. The van der Waals surface area contributed by atoms with Gasteiger partial charge in [0.2, 0.25) is 0 Å². The van der Waals surface area contributed by atoms with Crippen LogP contribution in [0.4, 0.5) is 13.2 Å². The summed E-state index contributed by atoms with van der Waals surface area (Å²) in [6, 6.07) is 10.8. The number of methoxy groups -OCH3 is 1. The molecule has 6 nitrogen and oxygen atoms in total. The molecular formula is C30H34ClF3N2O4. The standard InChI is InChI=1S/C30H34ClF3N2O4/c1-40-23-7-3-5-20(17-23)29(39,30(32,33)34)27(38)36-14-12-28(13-15-36)18-21(28)6-2-4-19-8-11-24(25(31)16-19)26(37)35-22-9-10-22/h3,5,7-8,11,16-17,21-22,39H,2,4,6,9-10,12-15,18H2,1H3,(H,35,37)/t21-,29-/m1/s1. The topological polar surface area (TPSA) is 78.9 Å². The maximum atomic E-state index is 14.1. The number of rotatable bonds is 9. The number of carbonyl (C=O) groups is 2. The second-order valence-corrected chi connectivity index (χ2v) is 11.9. The summed E-state index contributed by atoms with van der Waals surface area (Å²) in [5.41, 5.74) is -2.59. The first-order valence-corrected chi connectivity index (χ1v) is 14.2. The van der Waals surface area contributed by atoms with Crippen molar-refractivity contribution in [1.82, 2.24) is 10.2 Å². The first kappa shape index (κ1) is 28.7. The number of carbonyl (C=O) groups excluding carboxylic acids is 2. The third kappa shape index (κ3) is 5.68. The molecule has 2 aromatic carbocycles. The second kappa shape index (κ2) is 10.9. The fraction of sp³-hybridized carbons (Fsp3) is 0.533. The highest BCUT2D eigenvalue weighted by Crippen LogP contribution is 2.61. The number of ether oxygens (including phenoxy) is 1. The third-order valence-corrected chi connectivity index (χ3v) is 9.13. The zero-order chi connectivity index (χ0) is 28.7. The van der Waals surface area contributed by atoms with E-state index in [2.05, 4.69) is 5.32 Å². The molecule has 2 aromatic rings. The van der Waals surface area contributed by atoms with Gasteiger partial charge in [-0.15, -0.1) is 0 Å². The molecule has 1 heterocycles. The maximum Gasteiger partial charge on any atom is 0.430 e. The highest BCUT2D eigenvalue weighted by Gasteiger charge is 2.63. The molecule has 3 aliphatic rings. The lowest BCUT2D eigenvalue weighted by atomic mass is 9.86. The lowest BCUT2D eigenvalue weighted by Crippen LogP contribution is -2.57. The molecule has 2 aliphatic carbocycles. The summed E-state index contributed by atoms with van der Waals surface area (Å²) in [5.74, 6) is -0.889. The molecule has 5 rings (SSSR count). The fourth-order valence-corrected chi connectivity index (χ4v) is 6.32. The molecule has 2 saturated carbocycles. The first-order valence-electron chi connectivity index (χ1n) is 13.8. The van der Waals surface area contributed by atoms with Gasteiger partial charge >= 0.3 is 6.18 Å². The van der Waals surface area contributed by atoms with E-state index >= 15 is 0 Å². The summed E-state index contributed by atoms with van der Waals surface area (Å²) in [4.78, 5) is 26.6. The Morgan fingerprint density at radius 1 is 1.15 bits per heavy atom. The minimum absolute atomic E-state index is 0.0471. The van der Waals surface area contributed by atoms with Crippen LogP contribution in [0.2, 0.25) is 5.02 Å². The Labute approximate surface area is 236 Å². The molecule has 0 radical (unpaired) electrons. The van der Waals surface area contributed by atoms with Crippen LogP contribution in [0, 0.1) is 11.3 Å². The number of nitrogens with one attached hydrogen (secondary N) is 1. The number of likely N-dealkylation sites (tertiary alicyclic amines) is 1. The van der Waals surface area contributed by atoms with Crippen LogP contribution in [-0.4, -0.2) is 54.2 Å². The second-order valence-electron chi connectivity index (χ2n) is 11.4. The molecule has 1 saturated heterocycles. The van der Waals surface area contributed by atoms with Gasteiger partial charge in [-0.25, -0.2) is 0 Å². The molecule has 2 N–H and O–H groups in total. The number of aliphatic hydroxyl groups is 1. The van der Waals surface area contributed by atoms with E-state index in [0.29, 0.717) is 29.3 Å². The summed E-state index contributed by atoms with van der Waals surface area (Å²) in [6.07, 6.45) is 1.80. The van der Waals surface area contributed by atoms with Crippen LogP contribution in [0.15, 0.2) is 42.5 Å². The number of alkyl halides is 3. The molecule has 2 atom stereocenters. The van der Waals surface area contributed by atoms with E-state index in [-0.39, 0.29) is 36.2 Å². The van der Waals surface area contributed by atoms with Gasteiger partial charge in [0.25, 0.3) is 17.4 Å². The average molecular weight is 579 g/mol. The van der Waals surface area contributed by atoms with Crippen molar-refractivity contribution in [2.45, 2.75) is 69.2 Å². The Balaban J connectivity index is 1.13. The van der Waals surface area contributed by atoms with E-state index in [9.17, 15) is 27.9 Å². The summed E-state index contributed by atoms with van der Waals surface area (Å²) in [7, 11) is 1.31. The predicted octanol–water partition coefficient (Wildman–Crippen LogP) is 5.64. The van der Waals surface area contributed by atoms with E-state index < -0.39 is 23.2 Å². The Hall–Kier alpha value is -2.78. The number of halogens is 4. The van der Waals surface area contributed by atoms with Gasteiger partial charge in [0.15, 0.2) is 0 Å². The Morgan fingerprint density at radius 3 is 2.50 bits per heavy atom. The fourth-order valence-electron chi connectivity index (χ4n) is 6.03. The maximum absolute atomic E-state index is 14.1. The molecule has 0 aromatic heterocycles. The molecule has 40 heavy (non-hydrogen) atoms. The zero-order valence-electron chi connectivity index (χ0n) is 22.4. The van der Waals surface area contributed by atoms with Gasteiger partial charge in [-0.2, -0.15) is 13.2 Å². The number of hydrogen-bond donors (Lipinski definition) is 2. The largest absolute Gasteiger partial charge is 0.497 e. The lowest BCUT2D eigenvalue weighted by Gasteiger charge is -2.39. The van der Waals surface area contributed by atoms with Gasteiger partial charge in [0.05, 0.1) is 17.7 Å². The van der Waals surface area contributed by atoms with E-state index in [1.807, 2.05) is 12.1 Å². The van der Waals surface area contributed by atoms with Gasteiger partial charge in [0, 0.05) is 24.7 Å². The van der Waals surface area contributed by atoms with E-state index in [4.69, 9.17) is 16.3 Å². The van der Waals surface area contributed by atoms with Crippen molar-refractivity contribution in [2.75, 3.05) is 20.2 Å².